The van der Waals surface area contributed by atoms with Crippen LogP contribution in [0.1, 0.15) is 25.0 Å². The molecule has 0 radical (unpaired) electrons. The molecule has 2 aliphatic heterocycles. The molecule has 4 rings (SSSR count). The minimum Gasteiger partial charge on any atom is -0.268 e. The molecular weight excluding hydrogens is 428 g/mol. The highest BCUT2D eigenvalue weighted by Gasteiger charge is 2.57. The lowest BCUT2D eigenvalue weighted by atomic mass is 9.55. The number of hydrogen-bond donors (Lipinski definition) is 0. The molecule has 0 fully saturated rings. The van der Waals surface area contributed by atoms with E-state index in [1.807, 2.05) is 13.0 Å². The van der Waals surface area contributed by atoms with Gasteiger partial charge in [-0.25, -0.2) is 4.98 Å². The van der Waals surface area contributed by atoms with Gasteiger partial charge in [0.15, 0.2) is 5.84 Å². The van der Waals surface area contributed by atoms with Gasteiger partial charge in [0.1, 0.15) is 0 Å². The molecule has 5 atom stereocenters. The zero-order valence-electron chi connectivity index (χ0n) is 14.4. The Balaban J connectivity index is 1.83. The van der Waals surface area contributed by atoms with Crippen LogP contribution in [0.15, 0.2) is 44.0 Å². The van der Waals surface area contributed by atoms with Crippen molar-refractivity contribution in [3.63, 3.8) is 0 Å². The predicted octanol–water partition coefficient (Wildman–Crippen LogP) is 5.32. The topological polar surface area (TPSA) is 50.0 Å². The fourth-order valence-electron chi connectivity index (χ4n) is 4.81. The van der Waals surface area contributed by atoms with Gasteiger partial charge in [0.05, 0.1) is 22.1 Å². The first kappa shape index (κ1) is 18.7. The van der Waals surface area contributed by atoms with Crippen molar-refractivity contribution in [2.24, 2.45) is 38.4 Å². The molecule has 9 heteroatoms. The van der Waals surface area contributed by atoms with Crippen molar-refractivity contribution in [1.82, 2.24) is 4.98 Å². The molecule has 0 aromatic carbocycles. The van der Waals surface area contributed by atoms with E-state index in [4.69, 9.17) is 0 Å². The van der Waals surface area contributed by atoms with E-state index >= 15 is 0 Å². The van der Waals surface area contributed by atoms with E-state index in [-0.39, 0.29) is 16.3 Å². The predicted molar refractivity (Wildman–Crippen MR) is 95.1 cm³/mol. The SMILES string of the molecule is C[C@H]1CN=C2N=NCC23C=C[C@H](c2ccc(Br)c(F)n2)C(CC(F)(F)F)C13. The van der Waals surface area contributed by atoms with Crippen molar-refractivity contribution < 1.29 is 17.6 Å². The Morgan fingerprint density at radius 1 is 1.30 bits per heavy atom. The third kappa shape index (κ3) is 3.13. The average Bonchev–Trinajstić information content (AvgIpc) is 2.99. The van der Waals surface area contributed by atoms with E-state index < -0.39 is 35.8 Å². The molecule has 144 valence electrons. The molecule has 1 aromatic heterocycles. The highest BCUT2D eigenvalue weighted by atomic mass is 79.9. The van der Waals surface area contributed by atoms with Crippen molar-refractivity contribution in [3.8, 4) is 0 Å². The summed E-state index contributed by atoms with van der Waals surface area (Å²) in [5, 5.41) is 8.15. The van der Waals surface area contributed by atoms with Crippen molar-refractivity contribution in [1.29, 1.82) is 0 Å². The van der Waals surface area contributed by atoms with E-state index in [0.29, 0.717) is 24.6 Å². The Hall–Kier alpha value is -1.64. The Labute approximate surface area is 162 Å². The summed E-state index contributed by atoms with van der Waals surface area (Å²) in [5.74, 6) is -2.04. The first-order valence-electron chi connectivity index (χ1n) is 8.72. The van der Waals surface area contributed by atoms with Crippen LogP contribution in [-0.2, 0) is 0 Å². The molecule has 0 N–H and O–H groups in total. The second-order valence-corrected chi connectivity index (χ2v) is 8.34. The molecule has 3 heterocycles. The Morgan fingerprint density at radius 2 is 2.07 bits per heavy atom. The summed E-state index contributed by atoms with van der Waals surface area (Å²) in [6.07, 6.45) is -1.71. The Kier molecular flexibility index (Phi) is 4.48. The highest BCUT2D eigenvalue weighted by Crippen LogP contribution is 2.56. The van der Waals surface area contributed by atoms with Crippen LogP contribution in [-0.4, -0.2) is 30.1 Å². The van der Waals surface area contributed by atoms with Crippen LogP contribution in [0.3, 0.4) is 0 Å². The number of amidine groups is 1. The van der Waals surface area contributed by atoms with E-state index in [2.05, 4.69) is 36.1 Å². The zero-order valence-corrected chi connectivity index (χ0v) is 16.0. The molecule has 1 aliphatic carbocycles. The van der Waals surface area contributed by atoms with Crippen LogP contribution in [0, 0.1) is 29.1 Å². The number of allylic oxidation sites excluding steroid dienone is 1. The maximum Gasteiger partial charge on any atom is 0.389 e. The lowest BCUT2D eigenvalue weighted by molar-refractivity contribution is -0.154. The minimum atomic E-state index is -4.34. The molecule has 1 aromatic rings. The summed E-state index contributed by atoms with van der Waals surface area (Å²) >= 11 is 3.04. The third-order valence-electron chi connectivity index (χ3n) is 5.81. The second-order valence-electron chi connectivity index (χ2n) is 7.48. The first-order valence-corrected chi connectivity index (χ1v) is 9.51. The normalized spacial score (nSPS) is 35.0. The summed E-state index contributed by atoms with van der Waals surface area (Å²) in [5.41, 5.74) is -0.392. The largest absolute Gasteiger partial charge is 0.389 e. The van der Waals surface area contributed by atoms with Crippen LogP contribution in [0.2, 0.25) is 0 Å². The standard InChI is InChI=1S/C18H17BrF4N4/c1-9-7-24-16-17(8-25-27-16)5-4-10(11(14(9)17)6-18(21,22)23)13-3-2-12(19)15(20)26-13/h2-5,9-11,14H,6-8H2,1H3/t9-,10-,11?,14?,17?/m0/s1. The quantitative estimate of drug-likeness (QED) is 0.345. The lowest BCUT2D eigenvalue weighted by Crippen LogP contribution is -2.51. The van der Waals surface area contributed by atoms with Crippen molar-refractivity contribution in [2.45, 2.75) is 25.4 Å². The first-order chi connectivity index (χ1) is 12.7. The van der Waals surface area contributed by atoms with Crippen molar-refractivity contribution in [3.05, 3.63) is 40.4 Å². The molecule has 27 heavy (non-hydrogen) atoms. The number of azo groups is 1. The summed E-state index contributed by atoms with van der Waals surface area (Å²) in [4.78, 5) is 8.36. The maximum atomic E-state index is 14.0. The average molecular weight is 445 g/mol. The Morgan fingerprint density at radius 3 is 2.78 bits per heavy atom. The highest BCUT2D eigenvalue weighted by molar-refractivity contribution is 9.10. The zero-order chi connectivity index (χ0) is 19.4. The van der Waals surface area contributed by atoms with Crippen molar-refractivity contribution >= 4 is 21.8 Å². The molecule has 3 aliphatic rings. The number of alkyl halides is 3. The van der Waals surface area contributed by atoms with Gasteiger partial charge in [0.25, 0.3) is 0 Å². The number of halogens is 5. The molecule has 0 saturated heterocycles. The molecule has 0 saturated carbocycles. The van der Waals surface area contributed by atoms with Gasteiger partial charge >= 0.3 is 6.18 Å². The lowest BCUT2D eigenvalue weighted by Gasteiger charge is -2.49. The van der Waals surface area contributed by atoms with E-state index in [9.17, 15) is 17.6 Å². The summed E-state index contributed by atoms with van der Waals surface area (Å²) in [6.45, 7) is 2.64. The van der Waals surface area contributed by atoms with Gasteiger partial charge in [-0.3, -0.25) is 4.99 Å². The molecule has 0 amide bonds. The molecular formula is C18H17BrF4N4. The monoisotopic (exact) mass is 444 g/mol. The van der Waals surface area contributed by atoms with Crippen molar-refractivity contribution in [2.75, 3.05) is 13.1 Å². The number of aromatic nitrogens is 1. The van der Waals surface area contributed by atoms with Gasteiger partial charge in [-0.2, -0.15) is 22.7 Å². The summed E-state index contributed by atoms with van der Waals surface area (Å²) < 4.78 is 54.6. The van der Waals surface area contributed by atoms with Gasteiger partial charge in [-0.15, -0.1) is 5.11 Å². The van der Waals surface area contributed by atoms with Gasteiger partial charge < -0.3 is 0 Å². The third-order valence-corrected chi connectivity index (χ3v) is 6.40. The molecule has 4 nitrogen and oxygen atoms in total. The van der Waals surface area contributed by atoms with Crippen LogP contribution in [0.25, 0.3) is 0 Å². The van der Waals surface area contributed by atoms with E-state index in [1.165, 1.54) is 6.07 Å². The van der Waals surface area contributed by atoms with Gasteiger partial charge in [0.2, 0.25) is 5.95 Å². The molecule has 3 unspecified atom stereocenters. The molecule has 1 spiro atoms. The number of hydrogen-bond acceptors (Lipinski definition) is 4. The smallest absolute Gasteiger partial charge is 0.268 e. The van der Waals surface area contributed by atoms with Crippen LogP contribution in [0.4, 0.5) is 17.6 Å². The number of aliphatic imine (C=N–C) groups is 1. The fourth-order valence-corrected chi connectivity index (χ4v) is 5.03. The van der Waals surface area contributed by atoms with Crippen LogP contribution in [0.5, 0.6) is 0 Å². The number of nitrogens with zero attached hydrogens (tertiary/aromatic N) is 4. The van der Waals surface area contributed by atoms with Crippen LogP contribution >= 0.6 is 15.9 Å². The maximum absolute atomic E-state index is 14.0. The van der Waals surface area contributed by atoms with Gasteiger partial charge in [0, 0.05) is 18.9 Å². The van der Waals surface area contributed by atoms with Gasteiger partial charge in [-0.05, 0) is 45.8 Å². The molecule has 0 bridgehead atoms. The van der Waals surface area contributed by atoms with Gasteiger partial charge in [-0.1, -0.05) is 19.1 Å². The van der Waals surface area contributed by atoms with E-state index in [1.54, 1.807) is 12.1 Å². The van der Waals surface area contributed by atoms with Crippen LogP contribution < -0.4 is 0 Å². The number of pyridine rings is 1. The summed E-state index contributed by atoms with van der Waals surface area (Å²) in [6, 6.07) is 3.06. The minimum absolute atomic E-state index is 0.0719. The Bertz CT molecular complexity index is 850. The fraction of sp³-hybridized carbons (Fsp3) is 0.556. The van der Waals surface area contributed by atoms with E-state index in [0.717, 1.165) is 0 Å². The second kappa shape index (κ2) is 6.46. The number of rotatable bonds is 2. The summed E-state index contributed by atoms with van der Waals surface area (Å²) in [7, 11) is 0.